The quantitative estimate of drug-likeness (QED) is 0.735. The van der Waals surface area contributed by atoms with Crippen LogP contribution in [0.2, 0.25) is 0 Å². The van der Waals surface area contributed by atoms with Gasteiger partial charge in [0.05, 0.1) is 18.8 Å². The molecule has 21 heavy (non-hydrogen) atoms. The molecule has 1 aromatic carbocycles. The molecule has 1 aromatic heterocycles. The number of rotatable bonds is 7. The summed E-state index contributed by atoms with van der Waals surface area (Å²) in [5.41, 5.74) is 2.34. The van der Waals surface area contributed by atoms with Gasteiger partial charge in [-0.1, -0.05) is 48.9 Å². The van der Waals surface area contributed by atoms with Crippen LogP contribution < -0.4 is 0 Å². The van der Waals surface area contributed by atoms with Crippen LogP contribution in [0.3, 0.4) is 0 Å². The summed E-state index contributed by atoms with van der Waals surface area (Å²) in [7, 11) is 0. The van der Waals surface area contributed by atoms with E-state index >= 15 is 0 Å². The molecule has 0 saturated carbocycles. The van der Waals surface area contributed by atoms with Gasteiger partial charge in [-0.25, -0.2) is 9.48 Å². The summed E-state index contributed by atoms with van der Waals surface area (Å²) >= 11 is 0. The lowest BCUT2D eigenvalue weighted by molar-refractivity contribution is 0.0518. The maximum Gasteiger partial charge on any atom is 0.360 e. The maximum absolute atomic E-state index is 12.0. The second-order valence-corrected chi connectivity index (χ2v) is 4.85. The Kier molecular flexibility index (Phi) is 5.49. The topological polar surface area (TPSA) is 57.0 Å². The van der Waals surface area contributed by atoms with Crippen LogP contribution >= 0.6 is 0 Å². The number of carbonyl (C=O) groups excluding carboxylic acids is 1. The highest BCUT2D eigenvalue weighted by molar-refractivity contribution is 5.88. The van der Waals surface area contributed by atoms with Gasteiger partial charge in [0, 0.05) is 0 Å². The third-order valence-corrected chi connectivity index (χ3v) is 3.25. The second kappa shape index (κ2) is 7.57. The first-order valence-electron chi connectivity index (χ1n) is 7.39. The fourth-order valence-electron chi connectivity index (χ4n) is 2.17. The fourth-order valence-corrected chi connectivity index (χ4v) is 2.17. The highest BCUT2D eigenvalue weighted by Gasteiger charge is 2.20. The Balaban J connectivity index is 2.25. The van der Waals surface area contributed by atoms with Gasteiger partial charge in [0.25, 0.3) is 0 Å². The molecule has 0 spiro atoms. The van der Waals surface area contributed by atoms with E-state index in [1.165, 1.54) is 0 Å². The second-order valence-electron chi connectivity index (χ2n) is 4.85. The molecule has 0 aliphatic carbocycles. The average molecular weight is 287 g/mol. The van der Waals surface area contributed by atoms with Crippen LogP contribution in [0.4, 0.5) is 0 Å². The van der Waals surface area contributed by atoms with Gasteiger partial charge in [-0.15, -0.1) is 5.10 Å². The monoisotopic (exact) mass is 287 g/mol. The van der Waals surface area contributed by atoms with E-state index in [2.05, 4.69) is 17.2 Å². The van der Waals surface area contributed by atoms with Crippen LogP contribution in [0.25, 0.3) is 0 Å². The Morgan fingerprint density at radius 2 is 2.00 bits per heavy atom. The standard InChI is InChI=1S/C16H21N3O2/c1-3-5-11-14-15(16(20)21-4-2)17-18-19(14)12-13-9-7-6-8-10-13/h6-10H,3-5,11-12H2,1-2H3. The zero-order valence-corrected chi connectivity index (χ0v) is 12.6. The number of hydrogen-bond acceptors (Lipinski definition) is 4. The van der Waals surface area contributed by atoms with Crippen molar-refractivity contribution in [2.75, 3.05) is 6.61 Å². The molecule has 0 amide bonds. The van der Waals surface area contributed by atoms with Gasteiger partial charge in [0.15, 0.2) is 5.69 Å². The number of benzene rings is 1. The molecular formula is C16H21N3O2. The van der Waals surface area contributed by atoms with Gasteiger partial charge < -0.3 is 4.74 Å². The molecule has 0 unspecified atom stereocenters. The molecule has 0 bridgehead atoms. The summed E-state index contributed by atoms with van der Waals surface area (Å²) in [4.78, 5) is 12.0. The van der Waals surface area contributed by atoms with Gasteiger partial charge >= 0.3 is 5.97 Å². The Bertz CT molecular complexity index is 578. The van der Waals surface area contributed by atoms with Crippen molar-refractivity contribution >= 4 is 5.97 Å². The third-order valence-electron chi connectivity index (χ3n) is 3.25. The zero-order valence-electron chi connectivity index (χ0n) is 12.6. The lowest BCUT2D eigenvalue weighted by Crippen LogP contribution is -2.11. The summed E-state index contributed by atoms with van der Waals surface area (Å²) in [6.45, 7) is 4.87. The van der Waals surface area contributed by atoms with Gasteiger partial charge in [-0.05, 0) is 25.3 Å². The van der Waals surface area contributed by atoms with Crippen molar-refractivity contribution < 1.29 is 9.53 Å². The van der Waals surface area contributed by atoms with Crippen molar-refractivity contribution in [1.29, 1.82) is 0 Å². The first-order chi connectivity index (χ1) is 10.3. The molecule has 5 nitrogen and oxygen atoms in total. The number of aromatic nitrogens is 3. The molecule has 2 aromatic rings. The van der Waals surface area contributed by atoms with Crippen molar-refractivity contribution in [3.8, 4) is 0 Å². The van der Waals surface area contributed by atoms with E-state index in [4.69, 9.17) is 4.74 Å². The van der Waals surface area contributed by atoms with E-state index in [0.29, 0.717) is 18.8 Å². The number of hydrogen-bond donors (Lipinski definition) is 0. The van der Waals surface area contributed by atoms with Gasteiger partial charge in [-0.2, -0.15) is 0 Å². The average Bonchev–Trinajstić information content (AvgIpc) is 2.89. The van der Waals surface area contributed by atoms with Gasteiger partial charge in [0.2, 0.25) is 0 Å². The predicted molar refractivity (Wildman–Crippen MR) is 80.1 cm³/mol. The minimum atomic E-state index is -0.386. The number of carbonyl (C=O) groups is 1. The molecule has 5 heteroatoms. The van der Waals surface area contributed by atoms with Crippen molar-refractivity contribution in [3.63, 3.8) is 0 Å². The molecule has 0 fully saturated rings. The number of nitrogens with zero attached hydrogens (tertiary/aromatic N) is 3. The van der Waals surface area contributed by atoms with E-state index in [9.17, 15) is 4.79 Å². The van der Waals surface area contributed by atoms with Crippen LogP contribution in [0, 0.1) is 0 Å². The summed E-state index contributed by atoms with van der Waals surface area (Å²) in [5, 5.41) is 8.16. The smallest absolute Gasteiger partial charge is 0.360 e. The molecule has 0 N–H and O–H groups in total. The first kappa shape index (κ1) is 15.2. The Hall–Kier alpha value is -2.17. The minimum absolute atomic E-state index is 0.345. The van der Waals surface area contributed by atoms with Crippen molar-refractivity contribution in [3.05, 3.63) is 47.3 Å². The molecule has 0 aliphatic heterocycles. The van der Waals surface area contributed by atoms with Crippen LogP contribution in [0.15, 0.2) is 30.3 Å². The highest BCUT2D eigenvalue weighted by atomic mass is 16.5. The zero-order chi connectivity index (χ0) is 15.1. The minimum Gasteiger partial charge on any atom is -0.461 e. The molecule has 0 atom stereocenters. The van der Waals surface area contributed by atoms with Crippen molar-refractivity contribution in [2.24, 2.45) is 0 Å². The van der Waals surface area contributed by atoms with Crippen molar-refractivity contribution in [2.45, 2.75) is 39.7 Å². The summed E-state index contributed by atoms with van der Waals surface area (Å²) in [6, 6.07) is 10.0. The molecule has 0 saturated heterocycles. The Labute approximate surface area is 124 Å². The molecule has 2 rings (SSSR count). The number of unbranched alkanes of at least 4 members (excludes halogenated alkanes) is 1. The van der Waals surface area contributed by atoms with E-state index < -0.39 is 0 Å². The SMILES string of the molecule is CCCCc1c(C(=O)OCC)nnn1Cc1ccccc1. The normalized spacial score (nSPS) is 10.6. The molecule has 0 radical (unpaired) electrons. The Morgan fingerprint density at radius 1 is 1.24 bits per heavy atom. The van der Waals surface area contributed by atoms with Crippen LogP contribution in [-0.4, -0.2) is 27.6 Å². The fraction of sp³-hybridized carbons (Fsp3) is 0.438. The molecule has 1 heterocycles. The van der Waals surface area contributed by atoms with E-state index in [-0.39, 0.29) is 5.97 Å². The Morgan fingerprint density at radius 3 is 2.67 bits per heavy atom. The van der Waals surface area contributed by atoms with Gasteiger partial charge in [0.1, 0.15) is 0 Å². The van der Waals surface area contributed by atoms with Gasteiger partial charge in [-0.3, -0.25) is 0 Å². The lowest BCUT2D eigenvalue weighted by atomic mass is 10.1. The summed E-state index contributed by atoms with van der Waals surface area (Å²) < 4.78 is 6.86. The highest BCUT2D eigenvalue weighted by Crippen LogP contribution is 2.13. The van der Waals surface area contributed by atoms with Crippen LogP contribution in [0.5, 0.6) is 0 Å². The van der Waals surface area contributed by atoms with E-state index in [0.717, 1.165) is 30.5 Å². The predicted octanol–water partition coefficient (Wildman–Crippen LogP) is 2.85. The summed E-state index contributed by atoms with van der Waals surface area (Å²) in [5.74, 6) is -0.386. The lowest BCUT2D eigenvalue weighted by Gasteiger charge is -2.07. The number of esters is 1. The molecular weight excluding hydrogens is 266 g/mol. The first-order valence-corrected chi connectivity index (χ1v) is 7.39. The number of ether oxygens (including phenoxy) is 1. The largest absolute Gasteiger partial charge is 0.461 e. The third kappa shape index (κ3) is 3.90. The molecule has 0 aliphatic rings. The van der Waals surface area contributed by atoms with E-state index in [1.54, 1.807) is 11.6 Å². The molecule has 112 valence electrons. The van der Waals surface area contributed by atoms with Crippen LogP contribution in [-0.2, 0) is 17.7 Å². The van der Waals surface area contributed by atoms with Crippen molar-refractivity contribution in [1.82, 2.24) is 15.0 Å². The maximum atomic E-state index is 12.0. The summed E-state index contributed by atoms with van der Waals surface area (Å²) in [6.07, 6.45) is 2.83. The van der Waals surface area contributed by atoms with Crippen LogP contribution in [0.1, 0.15) is 48.4 Å². The van der Waals surface area contributed by atoms with E-state index in [1.807, 2.05) is 30.3 Å².